The van der Waals surface area contributed by atoms with E-state index in [1.165, 1.54) is 26.0 Å². The minimum absolute atomic E-state index is 0.0413. The van der Waals surface area contributed by atoms with Crippen molar-refractivity contribution in [3.8, 4) is 22.6 Å². The summed E-state index contributed by atoms with van der Waals surface area (Å²) in [5.74, 6) is -0.994. The quantitative estimate of drug-likeness (QED) is 0.217. The molecule has 0 radical (unpaired) electrons. The fraction of sp³-hybridized carbons (Fsp3) is 0.0968. The number of hydrogen-bond donors (Lipinski definition) is 1. The number of halogens is 1. The molecule has 0 atom stereocenters. The van der Waals surface area contributed by atoms with E-state index in [2.05, 4.69) is 0 Å². The number of para-hydroxylation sites is 2. The molecule has 0 saturated heterocycles. The molecule has 5 nitrogen and oxygen atoms in total. The van der Waals surface area contributed by atoms with Gasteiger partial charge in [-0.2, -0.15) is 0 Å². The van der Waals surface area contributed by atoms with Gasteiger partial charge in [0.15, 0.2) is 5.78 Å². The summed E-state index contributed by atoms with van der Waals surface area (Å²) in [7, 11) is 0. The fourth-order valence-corrected chi connectivity index (χ4v) is 4.96. The van der Waals surface area contributed by atoms with Crippen LogP contribution in [0, 0.1) is 12.7 Å². The zero-order valence-corrected chi connectivity index (χ0v) is 20.7. The topological polar surface area (TPSA) is 64.2 Å². The summed E-state index contributed by atoms with van der Waals surface area (Å²) in [4.78, 5) is 27.2. The normalized spacial score (nSPS) is 12.0. The lowest BCUT2D eigenvalue weighted by molar-refractivity contribution is -0.111. The monoisotopic (exact) mass is 492 g/mol. The number of benzene rings is 3. The maximum absolute atomic E-state index is 14.3. The van der Waals surface area contributed by atoms with Crippen LogP contribution in [-0.4, -0.2) is 20.0 Å². The number of fused-ring (bicyclic) bond motifs is 1. The Bertz CT molecular complexity index is 1730. The van der Waals surface area contributed by atoms with E-state index in [1.54, 1.807) is 16.7 Å². The van der Waals surface area contributed by atoms with Crippen molar-refractivity contribution in [1.82, 2.24) is 9.13 Å². The maximum Gasteiger partial charge on any atom is 0.265 e. The van der Waals surface area contributed by atoms with Crippen LogP contribution in [0.4, 0.5) is 4.39 Å². The highest BCUT2D eigenvalue weighted by molar-refractivity contribution is 6.25. The van der Waals surface area contributed by atoms with Crippen molar-refractivity contribution in [2.45, 2.75) is 20.8 Å². The molecule has 0 aliphatic heterocycles. The number of pyridine rings is 1. The van der Waals surface area contributed by atoms with E-state index >= 15 is 0 Å². The standard InChI is InChI=1S/C31H25FN2O3/c1-19-18-26-28(31(37)33(19)24-10-6-4-7-11-24)29(27(20(2)35)21(3)36)30(22-14-16-23(32)17-15-22)34(26)25-12-8-5-9-13-25/h4-18,35H,1-3H3/b27-20-. The molecule has 6 heteroatoms. The Morgan fingerprint density at radius 2 is 1.35 bits per heavy atom. The van der Waals surface area contributed by atoms with E-state index in [-0.39, 0.29) is 28.1 Å². The molecule has 0 amide bonds. The molecule has 3 aromatic carbocycles. The van der Waals surface area contributed by atoms with Crippen molar-refractivity contribution < 1.29 is 14.3 Å². The molecule has 0 spiro atoms. The Kier molecular flexibility index (Phi) is 6.09. The number of aromatic nitrogens is 2. The summed E-state index contributed by atoms with van der Waals surface area (Å²) in [5.41, 5.74) is 3.86. The highest BCUT2D eigenvalue weighted by Crippen LogP contribution is 2.40. The molecule has 0 saturated carbocycles. The van der Waals surface area contributed by atoms with Gasteiger partial charge in [-0.15, -0.1) is 0 Å². The second-order valence-electron chi connectivity index (χ2n) is 8.94. The van der Waals surface area contributed by atoms with Gasteiger partial charge in [0.05, 0.1) is 22.2 Å². The molecule has 184 valence electrons. The summed E-state index contributed by atoms with van der Waals surface area (Å²) < 4.78 is 17.4. The van der Waals surface area contributed by atoms with Crippen LogP contribution in [0.25, 0.3) is 39.1 Å². The van der Waals surface area contributed by atoms with E-state index in [9.17, 15) is 19.1 Å². The SMILES string of the molecule is CC(=O)/C(=C(\C)O)c1c(-c2ccc(F)cc2)n(-c2ccccc2)c2cc(C)n(-c3ccccc3)c(=O)c12. The van der Waals surface area contributed by atoms with E-state index in [1.807, 2.05) is 78.2 Å². The van der Waals surface area contributed by atoms with E-state index in [4.69, 9.17) is 0 Å². The number of carbonyl (C=O) groups is 1. The predicted octanol–water partition coefficient (Wildman–Crippen LogP) is 6.77. The molecule has 2 aromatic heterocycles. The van der Waals surface area contributed by atoms with E-state index in [0.29, 0.717) is 33.7 Å². The van der Waals surface area contributed by atoms with Gasteiger partial charge in [0.2, 0.25) is 0 Å². The number of Topliss-reactive ketones (excluding diaryl/α,β-unsaturated/α-hetero) is 1. The summed E-state index contributed by atoms with van der Waals surface area (Å²) in [5, 5.41) is 11.0. The Morgan fingerprint density at radius 3 is 1.86 bits per heavy atom. The second kappa shape index (κ2) is 9.39. The number of carbonyl (C=O) groups excluding carboxylic acids is 1. The van der Waals surface area contributed by atoms with E-state index < -0.39 is 5.82 Å². The molecule has 37 heavy (non-hydrogen) atoms. The van der Waals surface area contributed by atoms with Crippen molar-refractivity contribution >= 4 is 22.3 Å². The number of ketones is 1. The number of aryl methyl sites for hydroxylation is 1. The average molecular weight is 493 g/mol. The van der Waals surface area contributed by atoms with Crippen LogP contribution in [0.15, 0.2) is 102 Å². The van der Waals surface area contributed by atoms with Crippen LogP contribution in [0.3, 0.4) is 0 Å². The van der Waals surface area contributed by atoms with Crippen molar-refractivity contribution in [2.75, 3.05) is 0 Å². The molecule has 1 N–H and O–H groups in total. The third kappa shape index (κ3) is 4.06. The lowest BCUT2D eigenvalue weighted by Gasteiger charge is -2.14. The predicted molar refractivity (Wildman–Crippen MR) is 145 cm³/mol. The van der Waals surface area contributed by atoms with Crippen LogP contribution in [0.1, 0.15) is 25.1 Å². The molecule has 0 aliphatic carbocycles. The van der Waals surface area contributed by atoms with Crippen LogP contribution < -0.4 is 5.56 Å². The second-order valence-corrected chi connectivity index (χ2v) is 8.94. The Labute approximate surface area is 213 Å². The molecule has 0 bridgehead atoms. The molecule has 2 heterocycles. The van der Waals surface area contributed by atoms with Gasteiger partial charge < -0.3 is 9.67 Å². The van der Waals surface area contributed by atoms with Crippen molar-refractivity contribution in [1.29, 1.82) is 0 Å². The van der Waals surface area contributed by atoms with Crippen LogP contribution in [0.2, 0.25) is 0 Å². The van der Waals surface area contributed by atoms with Crippen molar-refractivity contribution in [3.05, 3.63) is 124 Å². The Hall–Kier alpha value is -4.71. The lowest BCUT2D eigenvalue weighted by atomic mass is 9.95. The van der Waals surface area contributed by atoms with Crippen LogP contribution in [-0.2, 0) is 4.79 Å². The minimum Gasteiger partial charge on any atom is -0.512 e. The van der Waals surface area contributed by atoms with Crippen LogP contribution in [0.5, 0.6) is 0 Å². The third-order valence-corrected chi connectivity index (χ3v) is 6.43. The summed E-state index contributed by atoms with van der Waals surface area (Å²) in [6.45, 7) is 4.65. The van der Waals surface area contributed by atoms with E-state index in [0.717, 1.165) is 5.69 Å². The number of aliphatic hydroxyl groups excluding tert-OH is 1. The summed E-state index contributed by atoms with van der Waals surface area (Å²) in [6.07, 6.45) is 0. The fourth-order valence-electron chi connectivity index (χ4n) is 4.96. The number of aliphatic hydroxyl groups is 1. The average Bonchev–Trinajstić information content (AvgIpc) is 3.19. The number of nitrogens with zero attached hydrogens (tertiary/aromatic N) is 2. The van der Waals surface area contributed by atoms with Gasteiger partial charge in [-0.25, -0.2) is 4.39 Å². The maximum atomic E-state index is 14.3. The summed E-state index contributed by atoms with van der Waals surface area (Å²) in [6, 6.07) is 26.5. The molecule has 0 aliphatic rings. The third-order valence-electron chi connectivity index (χ3n) is 6.43. The lowest BCUT2D eigenvalue weighted by Crippen LogP contribution is -2.21. The zero-order chi connectivity index (χ0) is 26.3. The first kappa shape index (κ1) is 24.0. The highest BCUT2D eigenvalue weighted by atomic mass is 19.1. The van der Waals surface area contributed by atoms with Crippen LogP contribution >= 0.6 is 0 Å². The number of hydrogen-bond acceptors (Lipinski definition) is 3. The Balaban J connectivity index is 2.07. The van der Waals surface area contributed by atoms with Gasteiger partial charge >= 0.3 is 0 Å². The van der Waals surface area contributed by atoms with Gasteiger partial charge in [-0.05, 0) is 80.9 Å². The first-order chi connectivity index (χ1) is 17.8. The highest BCUT2D eigenvalue weighted by Gasteiger charge is 2.29. The van der Waals surface area contributed by atoms with Crippen molar-refractivity contribution in [2.24, 2.45) is 0 Å². The molecular weight excluding hydrogens is 467 g/mol. The van der Waals surface area contributed by atoms with Gasteiger partial charge in [0.25, 0.3) is 5.56 Å². The number of rotatable bonds is 5. The van der Waals surface area contributed by atoms with Gasteiger partial charge in [0, 0.05) is 22.6 Å². The summed E-state index contributed by atoms with van der Waals surface area (Å²) >= 11 is 0. The molecular formula is C31H25FN2O3. The number of allylic oxidation sites excluding steroid dienone is 2. The smallest absolute Gasteiger partial charge is 0.265 e. The molecule has 0 unspecified atom stereocenters. The largest absolute Gasteiger partial charge is 0.512 e. The first-order valence-electron chi connectivity index (χ1n) is 11.9. The van der Waals surface area contributed by atoms with Gasteiger partial charge in [0.1, 0.15) is 11.6 Å². The van der Waals surface area contributed by atoms with Crippen molar-refractivity contribution in [3.63, 3.8) is 0 Å². The minimum atomic E-state index is -0.407. The molecule has 5 aromatic rings. The molecule has 0 fully saturated rings. The first-order valence-corrected chi connectivity index (χ1v) is 11.9. The van der Waals surface area contributed by atoms with Gasteiger partial charge in [-0.3, -0.25) is 14.2 Å². The molecule has 5 rings (SSSR count). The Morgan fingerprint density at radius 1 is 0.811 bits per heavy atom. The zero-order valence-electron chi connectivity index (χ0n) is 20.7. The van der Waals surface area contributed by atoms with Gasteiger partial charge in [-0.1, -0.05) is 36.4 Å².